The van der Waals surface area contributed by atoms with Crippen LogP contribution in [0.1, 0.15) is 19.8 Å². The fourth-order valence-corrected chi connectivity index (χ4v) is 2.77. The molecule has 2 rings (SSSR count). The molecule has 0 fully saturated rings. The molecule has 0 saturated carbocycles. The number of amides is 4. The number of urea groups is 2. The third-order valence-corrected chi connectivity index (χ3v) is 5.16. The van der Waals surface area contributed by atoms with Crippen LogP contribution in [0.25, 0.3) is 0 Å². The van der Waals surface area contributed by atoms with Gasteiger partial charge in [-0.2, -0.15) is 5.06 Å². The summed E-state index contributed by atoms with van der Waals surface area (Å²) in [6.45, 7) is 2.83. The highest BCUT2D eigenvalue weighted by molar-refractivity contribution is 6.42. The van der Waals surface area contributed by atoms with E-state index >= 15 is 0 Å². The van der Waals surface area contributed by atoms with Gasteiger partial charge in [0.2, 0.25) is 0 Å². The first-order valence-electron chi connectivity index (χ1n) is 9.88. The van der Waals surface area contributed by atoms with E-state index in [2.05, 4.69) is 12.2 Å². The van der Waals surface area contributed by atoms with Crippen LogP contribution in [0.2, 0.25) is 15.1 Å². The van der Waals surface area contributed by atoms with Crippen LogP contribution in [0.4, 0.5) is 21.0 Å². The Kier molecular flexibility index (Phi) is 12.2. The van der Waals surface area contributed by atoms with E-state index in [1.54, 1.807) is 68.5 Å². The number of nitrogens with one attached hydrogen (secondary N) is 1. The minimum atomic E-state index is -0.250. The van der Waals surface area contributed by atoms with Crippen LogP contribution < -0.4 is 10.4 Å². The van der Waals surface area contributed by atoms with Gasteiger partial charge in [-0.3, -0.25) is 4.84 Å². The number of hydrogen-bond acceptors (Lipinski definition) is 3. The predicted octanol–water partition coefficient (Wildman–Crippen LogP) is 6.65. The molecule has 0 aliphatic heterocycles. The summed E-state index contributed by atoms with van der Waals surface area (Å²) in [5.74, 6) is 0. The second-order valence-corrected chi connectivity index (χ2v) is 8.22. The largest absolute Gasteiger partial charge is 0.348 e. The van der Waals surface area contributed by atoms with Crippen molar-refractivity contribution in [1.29, 1.82) is 0 Å². The van der Waals surface area contributed by atoms with Gasteiger partial charge in [-0.05, 0) is 48.9 Å². The van der Waals surface area contributed by atoms with E-state index in [9.17, 15) is 9.59 Å². The normalized spacial score (nSPS) is 10.0. The third kappa shape index (κ3) is 9.12. The summed E-state index contributed by atoms with van der Waals surface area (Å²) in [6.07, 6.45) is 2.05. The van der Waals surface area contributed by atoms with Crippen LogP contribution >= 0.6 is 34.8 Å². The molecule has 0 aliphatic carbocycles. The van der Waals surface area contributed by atoms with E-state index in [1.807, 2.05) is 0 Å². The predicted molar refractivity (Wildman–Crippen MR) is 133 cm³/mol. The topological polar surface area (TPSA) is 65.1 Å². The number of nitrogens with zero attached hydrogens (tertiary/aromatic N) is 3. The average Bonchev–Trinajstić information content (AvgIpc) is 2.76. The van der Waals surface area contributed by atoms with Crippen molar-refractivity contribution in [3.05, 3.63) is 57.5 Å². The monoisotopic (exact) mass is 502 g/mol. The van der Waals surface area contributed by atoms with Crippen molar-refractivity contribution in [3.8, 4) is 0 Å². The molecule has 0 heterocycles. The number of carbonyl (C=O) groups excluding carboxylic acids is 2. The molecule has 0 aromatic heterocycles. The van der Waals surface area contributed by atoms with Crippen molar-refractivity contribution in [3.63, 3.8) is 0 Å². The molecule has 0 aliphatic rings. The molecular weight excluding hydrogens is 475 g/mol. The van der Waals surface area contributed by atoms with Crippen molar-refractivity contribution < 1.29 is 14.4 Å². The molecule has 0 unspecified atom stereocenters. The highest BCUT2D eigenvalue weighted by Gasteiger charge is 2.17. The standard InChI is InChI=1S/C12H16Cl2N2O.C10H13ClN2O2/c1-3-4-7-16(2)12(17)15-9-5-6-10(13)11(14)8-9;1-12(2)10(14)13(15-3)9-6-4-8(11)5-7-9/h5-6,8H,3-4,7H2,1-2H3,(H,15,17);4-7H,1-3H3. The van der Waals surface area contributed by atoms with Gasteiger partial charge >= 0.3 is 12.1 Å². The van der Waals surface area contributed by atoms with E-state index in [0.717, 1.165) is 19.4 Å². The van der Waals surface area contributed by atoms with Gasteiger partial charge in [-0.15, -0.1) is 0 Å². The fraction of sp³-hybridized carbons (Fsp3) is 0.364. The zero-order valence-electron chi connectivity index (χ0n) is 18.9. The fourth-order valence-electron chi connectivity index (χ4n) is 2.34. The van der Waals surface area contributed by atoms with Gasteiger partial charge in [0.15, 0.2) is 0 Å². The Morgan fingerprint density at radius 2 is 1.59 bits per heavy atom. The van der Waals surface area contributed by atoms with E-state index in [4.69, 9.17) is 39.6 Å². The molecule has 10 heteroatoms. The van der Waals surface area contributed by atoms with Gasteiger partial charge < -0.3 is 15.1 Å². The van der Waals surface area contributed by atoms with Crippen molar-refractivity contribution in [1.82, 2.24) is 9.80 Å². The quantitative estimate of drug-likeness (QED) is 0.449. The number of anilines is 2. The molecule has 2 aromatic carbocycles. The van der Waals surface area contributed by atoms with Gasteiger partial charge in [0.25, 0.3) is 0 Å². The maximum absolute atomic E-state index is 11.8. The number of rotatable bonds is 6. The van der Waals surface area contributed by atoms with Gasteiger partial charge in [0.05, 0.1) is 22.8 Å². The van der Waals surface area contributed by atoms with Crippen LogP contribution in [0.3, 0.4) is 0 Å². The molecule has 0 spiro atoms. The van der Waals surface area contributed by atoms with E-state index in [-0.39, 0.29) is 12.1 Å². The molecule has 0 bridgehead atoms. The highest BCUT2D eigenvalue weighted by Crippen LogP contribution is 2.25. The van der Waals surface area contributed by atoms with Crippen molar-refractivity contribution in [2.45, 2.75) is 19.8 Å². The number of unbranched alkanes of at least 4 members (excludes halogenated alkanes) is 1. The SMILES string of the molecule is CCCCN(C)C(=O)Nc1ccc(Cl)c(Cl)c1.CON(C(=O)N(C)C)c1ccc(Cl)cc1. The molecule has 2 aromatic rings. The number of hydrogen-bond donors (Lipinski definition) is 1. The Hall–Kier alpha value is -2.19. The maximum Gasteiger partial charge on any atom is 0.348 e. The summed E-state index contributed by atoms with van der Waals surface area (Å²) in [5.41, 5.74) is 1.29. The highest BCUT2D eigenvalue weighted by atomic mass is 35.5. The molecule has 176 valence electrons. The summed E-state index contributed by atoms with van der Waals surface area (Å²) >= 11 is 17.4. The first-order chi connectivity index (χ1) is 15.1. The number of carbonyl (C=O) groups is 2. The Labute approximate surface area is 204 Å². The first kappa shape index (κ1) is 27.8. The minimum absolute atomic E-state index is 0.142. The molecular formula is C22H29Cl3N4O3. The van der Waals surface area contributed by atoms with Gasteiger partial charge in [-0.1, -0.05) is 48.1 Å². The zero-order chi connectivity index (χ0) is 24.3. The van der Waals surface area contributed by atoms with E-state index < -0.39 is 0 Å². The third-order valence-electron chi connectivity index (χ3n) is 4.16. The molecule has 0 saturated heterocycles. The average molecular weight is 504 g/mol. The second kappa shape index (κ2) is 14.1. The van der Waals surface area contributed by atoms with Crippen LogP contribution in [0.15, 0.2) is 42.5 Å². The molecule has 0 atom stereocenters. The van der Waals surface area contributed by atoms with Crippen molar-refractivity contribution in [2.24, 2.45) is 0 Å². The molecule has 4 amide bonds. The maximum atomic E-state index is 11.8. The van der Waals surface area contributed by atoms with Crippen LogP contribution in [0, 0.1) is 0 Å². The number of halogens is 3. The number of hydroxylamine groups is 1. The Morgan fingerprint density at radius 3 is 2.09 bits per heavy atom. The molecule has 0 radical (unpaired) electrons. The summed E-state index contributed by atoms with van der Waals surface area (Å²) in [5, 5.41) is 5.48. The van der Waals surface area contributed by atoms with Gasteiger partial charge in [0, 0.05) is 38.4 Å². The van der Waals surface area contributed by atoms with E-state index in [1.165, 1.54) is 17.1 Å². The smallest absolute Gasteiger partial charge is 0.329 e. The van der Waals surface area contributed by atoms with Crippen LogP contribution in [-0.2, 0) is 4.84 Å². The van der Waals surface area contributed by atoms with Crippen LogP contribution in [-0.4, -0.2) is 56.7 Å². The van der Waals surface area contributed by atoms with Crippen molar-refractivity contribution >= 4 is 58.2 Å². The van der Waals surface area contributed by atoms with Crippen LogP contribution in [0.5, 0.6) is 0 Å². The summed E-state index contributed by atoms with van der Waals surface area (Å²) in [6, 6.07) is 11.5. The lowest BCUT2D eigenvalue weighted by atomic mass is 10.3. The Morgan fingerprint density at radius 1 is 0.969 bits per heavy atom. The minimum Gasteiger partial charge on any atom is -0.329 e. The number of benzene rings is 2. The first-order valence-corrected chi connectivity index (χ1v) is 11.0. The molecule has 32 heavy (non-hydrogen) atoms. The summed E-state index contributed by atoms with van der Waals surface area (Å²) in [7, 11) is 6.52. The zero-order valence-corrected chi connectivity index (χ0v) is 21.1. The summed E-state index contributed by atoms with van der Waals surface area (Å²) < 4.78 is 0. The Bertz CT molecular complexity index is 879. The molecule has 1 N–H and O–H groups in total. The second-order valence-electron chi connectivity index (χ2n) is 6.96. The lowest BCUT2D eigenvalue weighted by Gasteiger charge is -2.23. The van der Waals surface area contributed by atoms with Gasteiger partial charge in [-0.25, -0.2) is 9.59 Å². The Balaban J connectivity index is 0.000000323. The van der Waals surface area contributed by atoms with Gasteiger partial charge in [0.1, 0.15) is 0 Å². The van der Waals surface area contributed by atoms with Crippen molar-refractivity contribution in [2.75, 3.05) is 45.2 Å². The van der Waals surface area contributed by atoms with E-state index in [0.29, 0.717) is 26.4 Å². The molecule has 7 nitrogen and oxygen atoms in total. The lowest BCUT2D eigenvalue weighted by molar-refractivity contribution is 0.147. The lowest BCUT2D eigenvalue weighted by Crippen LogP contribution is -2.38. The summed E-state index contributed by atoms with van der Waals surface area (Å²) in [4.78, 5) is 31.5.